The summed E-state index contributed by atoms with van der Waals surface area (Å²) in [6.07, 6.45) is 7.55. The van der Waals surface area contributed by atoms with Gasteiger partial charge in [0.05, 0.1) is 29.9 Å². The highest BCUT2D eigenvalue weighted by atomic mass is 32.1. The maximum Gasteiger partial charge on any atom is 0.334 e. The zero-order chi connectivity index (χ0) is 23.1. The molecular weight excluding hydrogens is 450 g/mol. The van der Waals surface area contributed by atoms with Gasteiger partial charge in [0.15, 0.2) is 23.4 Å². The molecule has 7 nitrogen and oxygen atoms in total. The molecule has 0 saturated carbocycles. The van der Waals surface area contributed by atoms with E-state index in [-0.39, 0.29) is 6.54 Å². The molecule has 2 aromatic heterocycles. The van der Waals surface area contributed by atoms with Crippen molar-refractivity contribution in [2.75, 3.05) is 24.6 Å². The fraction of sp³-hybridized carbons (Fsp3) is 0.192. The number of fused-ring (bicyclic) bond motifs is 1. The molecule has 1 N–H and O–H groups in total. The third-order valence-electron chi connectivity index (χ3n) is 6.17. The van der Waals surface area contributed by atoms with E-state index in [9.17, 15) is 9.90 Å². The van der Waals surface area contributed by atoms with Crippen molar-refractivity contribution in [1.29, 1.82) is 0 Å². The minimum Gasteiger partial charge on any atom is -0.479 e. The number of carbonyl (C=O) groups is 1. The summed E-state index contributed by atoms with van der Waals surface area (Å²) in [4.78, 5) is 23.6. The maximum absolute atomic E-state index is 11.5. The van der Waals surface area contributed by atoms with E-state index in [2.05, 4.69) is 35.3 Å². The van der Waals surface area contributed by atoms with Crippen LogP contribution >= 0.6 is 11.3 Å². The Morgan fingerprint density at radius 1 is 1.15 bits per heavy atom. The molecule has 170 valence electrons. The monoisotopic (exact) mass is 471 g/mol. The highest BCUT2D eigenvalue weighted by Crippen LogP contribution is 2.44. The second-order valence-corrected chi connectivity index (χ2v) is 9.22. The molecular formula is C26H21N3O4S. The molecule has 8 heteroatoms. The molecule has 6 rings (SSSR count). The van der Waals surface area contributed by atoms with Crippen molar-refractivity contribution < 1.29 is 19.1 Å². The summed E-state index contributed by atoms with van der Waals surface area (Å²) in [6, 6.07) is 14.5. The highest BCUT2D eigenvalue weighted by molar-refractivity contribution is 7.19. The quantitative estimate of drug-likeness (QED) is 0.439. The van der Waals surface area contributed by atoms with Crippen LogP contribution in [0.3, 0.4) is 0 Å². The van der Waals surface area contributed by atoms with Crippen molar-refractivity contribution in [1.82, 2.24) is 9.97 Å². The molecule has 2 aliphatic rings. The van der Waals surface area contributed by atoms with Gasteiger partial charge in [0.1, 0.15) is 0 Å². The molecule has 2 aromatic carbocycles. The van der Waals surface area contributed by atoms with Gasteiger partial charge < -0.3 is 19.2 Å². The molecule has 3 heterocycles. The number of aromatic nitrogens is 2. The van der Waals surface area contributed by atoms with Gasteiger partial charge in [0, 0.05) is 23.2 Å². The number of aliphatic carboxylic acids is 1. The lowest BCUT2D eigenvalue weighted by Crippen LogP contribution is -2.46. The molecule has 0 amide bonds. The number of carboxylic acid groups (broad SMARTS) is 1. The second kappa shape index (κ2) is 8.55. The van der Waals surface area contributed by atoms with E-state index in [1.807, 2.05) is 29.2 Å². The molecule has 4 aromatic rings. The number of oxazole rings is 1. The van der Waals surface area contributed by atoms with Crippen LogP contribution in [0.5, 0.6) is 0 Å². The Morgan fingerprint density at radius 2 is 2.00 bits per heavy atom. The number of morpholine rings is 1. The summed E-state index contributed by atoms with van der Waals surface area (Å²) in [7, 11) is 0. The Labute approximate surface area is 200 Å². The first-order valence-corrected chi connectivity index (χ1v) is 11.9. The SMILES string of the molecule is O=C(O)C1CN(c2nc(-c3ccc(-c4cnco4)cc3)c(-c3cccc4c3C=CC4)s2)CCO1. The van der Waals surface area contributed by atoms with Gasteiger partial charge >= 0.3 is 5.97 Å². The lowest BCUT2D eigenvalue weighted by atomic mass is 9.99. The van der Waals surface area contributed by atoms with E-state index < -0.39 is 12.1 Å². The zero-order valence-electron chi connectivity index (χ0n) is 18.2. The van der Waals surface area contributed by atoms with Crippen LogP contribution in [0.1, 0.15) is 11.1 Å². The van der Waals surface area contributed by atoms with Crippen molar-refractivity contribution in [2.45, 2.75) is 12.5 Å². The van der Waals surface area contributed by atoms with E-state index in [0.717, 1.165) is 38.8 Å². The van der Waals surface area contributed by atoms with Gasteiger partial charge in [0.2, 0.25) is 0 Å². The van der Waals surface area contributed by atoms with Crippen molar-refractivity contribution >= 4 is 28.5 Å². The van der Waals surface area contributed by atoms with Gasteiger partial charge in [-0.05, 0) is 17.5 Å². The molecule has 1 fully saturated rings. The molecule has 1 aliphatic heterocycles. The number of anilines is 1. The first-order valence-electron chi connectivity index (χ1n) is 11.1. The number of allylic oxidation sites excluding steroid dienone is 1. The van der Waals surface area contributed by atoms with Gasteiger partial charge in [-0.1, -0.05) is 66.0 Å². The van der Waals surface area contributed by atoms with Crippen molar-refractivity contribution in [3.8, 4) is 33.0 Å². The van der Waals surface area contributed by atoms with Crippen LogP contribution in [-0.2, 0) is 16.0 Å². The number of hydrogen-bond acceptors (Lipinski definition) is 7. The van der Waals surface area contributed by atoms with Crippen LogP contribution in [0.2, 0.25) is 0 Å². The van der Waals surface area contributed by atoms with Crippen LogP contribution in [0.15, 0.2) is 65.5 Å². The van der Waals surface area contributed by atoms with Gasteiger partial charge in [-0.15, -0.1) is 0 Å². The highest BCUT2D eigenvalue weighted by Gasteiger charge is 2.29. The molecule has 1 unspecified atom stereocenters. The van der Waals surface area contributed by atoms with Crippen molar-refractivity contribution in [3.63, 3.8) is 0 Å². The Bertz CT molecular complexity index is 1380. The van der Waals surface area contributed by atoms with Crippen LogP contribution in [0.4, 0.5) is 5.13 Å². The van der Waals surface area contributed by atoms with Crippen molar-refractivity contribution in [3.05, 3.63) is 72.3 Å². The predicted molar refractivity (Wildman–Crippen MR) is 131 cm³/mol. The number of benzene rings is 2. The third kappa shape index (κ3) is 3.70. The number of carboxylic acids is 1. The number of thiazole rings is 1. The van der Waals surface area contributed by atoms with Gasteiger partial charge in [-0.3, -0.25) is 0 Å². The Morgan fingerprint density at radius 3 is 2.79 bits per heavy atom. The van der Waals surface area contributed by atoms with Gasteiger partial charge in [-0.2, -0.15) is 0 Å². The zero-order valence-corrected chi connectivity index (χ0v) is 19.0. The molecule has 34 heavy (non-hydrogen) atoms. The predicted octanol–water partition coefficient (Wildman–Crippen LogP) is 4.99. The Balaban J connectivity index is 1.44. The first-order chi connectivity index (χ1) is 16.7. The van der Waals surface area contributed by atoms with E-state index in [4.69, 9.17) is 14.1 Å². The van der Waals surface area contributed by atoms with E-state index in [0.29, 0.717) is 18.9 Å². The molecule has 0 radical (unpaired) electrons. The molecule has 1 atom stereocenters. The standard InChI is InChI=1S/C26H21N3O4S/c30-25(31)22-14-29(11-12-32-22)26-28-23(18-9-7-17(8-10-18)21-13-27-15-33-21)24(34-26)20-6-2-4-16-3-1-5-19(16)20/h1-2,4-10,13,15,22H,3,11-12,14H2,(H,30,31). The summed E-state index contributed by atoms with van der Waals surface area (Å²) in [5, 5.41) is 10.2. The topological polar surface area (TPSA) is 88.7 Å². The summed E-state index contributed by atoms with van der Waals surface area (Å²) >= 11 is 1.60. The molecule has 0 bridgehead atoms. The normalized spacial score (nSPS) is 17.2. The maximum atomic E-state index is 11.5. The van der Waals surface area contributed by atoms with Crippen LogP contribution in [0, 0.1) is 0 Å². The Kier molecular flexibility index (Phi) is 5.24. The minimum absolute atomic E-state index is 0.277. The van der Waals surface area contributed by atoms with Crippen LogP contribution < -0.4 is 4.90 Å². The fourth-order valence-corrected chi connectivity index (χ4v) is 5.60. The summed E-state index contributed by atoms with van der Waals surface area (Å²) in [6.45, 7) is 1.24. The summed E-state index contributed by atoms with van der Waals surface area (Å²) in [5.41, 5.74) is 6.49. The average Bonchev–Trinajstić information content (AvgIpc) is 3.65. The number of ether oxygens (including phenoxy) is 1. The number of rotatable bonds is 5. The molecule has 1 saturated heterocycles. The van der Waals surface area contributed by atoms with Crippen LogP contribution in [0.25, 0.3) is 39.1 Å². The largest absolute Gasteiger partial charge is 0.479 e. The average molecular weight is 472 g/mol. The third-order valence-corrected chi connectivity index (χ3v) is 7.32. The van der Waals surface area contributed by atoms with Gasteiger partial charge in [-0.25, -0.2) is 14.8 Å². The summed E-state index contributed by atoms with van der Waals surface area (Å²) < 4.78 is 10.8. The Hall–Kier alpha value is -3.75. The van der Waals surface area contributed by atoms with E-state index >= 15 is 0 Å². The van der Waals surface area contributed by atoms with Gasteiger partial charge in [0.25, 0.3) is 0 Å². The molecule has 0 spiro atoms. The minimum atomic E-state index is -0.948. The molecule has 1 aliphatic carbocycles. The first kappa shape index (κ1) is 20.8. The van der Waals surface area contributed by atoms with Crippen molar-refractivity contribution in [2.24, 2.45) is 0 Å². The lowest BCUT2D eigenvalue weighted by molar-refractivity contribution is -0.150. The smallest absolute Gasteiger partial charge is 0.334 e. The number of hydrogen-bond donors (Lipinski definition) is 1. The lowest BCUT2D eigenvalue weighted by Gasteiger charge is -2.30. The van der Waals surface area contributed by atoms with Crippen LogP contribution in [-0.4, -0.2) is 46.8 Å². The van der Waals surface area contributed by atoms with E-state index in [1.54, 1.807) is 17.5 Å². The number of nitrogens with zero attached hydrogens (tertiary/aromatic N) is 3. The fourth-order valence-electron chi connectivity index (χ4n) is 4.44. The van der Waals surface area contributed by atoms with E-state index in [1.165, 1.54) is 17.5 Å². The second-order valence-electron chi connectivity index (χ2n) is 8.25. The summed E-state index contributed by atoms with van der Waals surface area (Å²) in [5.74, 6) is -0.236.